The van der Waals surface area contributed by atoms with Gasteiger partial charge in [0.05, 0.1) is 0 Å². The van der Waals surface area contributed by atoms with Crippen molar-refractivity contribution in [3.05, 3.63) is 49.7 Å². The second kappa shape index (κ2) is 19.2. The molecule has 3 saturated carbocycles. The van der Waals surface area contributed by atoms with Crippen molar-refractivity contribution in [3.63, 3.8) is 0 Å². The van der Waals surface area contributed by atoms with Crippen LogP contribution in [0.15, 0.2) is 30.3 Å². The first-order chi connectivity index (χ1) is 14.2. The van der Waals surface area contributed by atoms with E-state index in [4.69, 9.17) is 19.4 Å². The summed E-state index contributed by atoms with van der Waals surface area (Å²) >= 11 is -1.61. The predicted octanol–water partition coefficient (Wildman–Crippen LogP) is 9.70. The summed E-state index contributed by atoms with van der Waals surface area (Å²) in [6.07, 6.45) is 24.9. The zero-order valence-electron chi connectivity index (χ0n) is 18.9. The van der Waals surface area contributed by atoms with Crippen LogP contribution in [-0.2, 0) is 13.5 Å². The Morgan fingerprint density at radius 2 is 1.20 bits per heavy atom. The van der Waals surface area contributed by atoms with E-state index < -0.39 is 13.5 Å². The molecule has 0 nitrogen and oxygen atoms in total. The Kier molecular flexibility index (Phi) is 18.4. The van der Waals surface area contributed by atoms with Crippen molar-refractivity contribution in [3.8, 4) is 0 Å². The quantitative estimate of drug-likeness (QED) is 0.197. The maximum absolute atomic E-state index is 5.67. The zero-order valence-corrected chi connectivity index (χ0v) is 23.2. The van der Waals surface area contributed by atoms with Gasteiger partial charge < -0.3 is 13.8 Å². The molecule has 0 aromatic heterocycles. The van der Waals surface area contributed by atoms with Crippen LogP contribution in [0.1, 0.15) is 102 Å². The van der Waals surface area contributed by atoms with Gasteiger partial charge in [0, 0.05) is 0 Å². The van der Waals surface area contributed by atoms with Crippen LogP contribution in [0.2, 0.25) is 0 Å². The fraction of sp³-hybridized carbons (Fsp3) is 0.654. The zero-order chi connectivity index (χ0) is 20.6. The van der Waals surface area contributed by atoms with Gasteiger partial charge in [0.2, 0.25) is 0 Å². The molecule has 0 N–H and O–H groups in total. The van der Waals surface area contributed by atoms with Crippen LogP contribution >= 0.6 is 28.0 Å². The van der Waals surface area contributed by atoms with E-state index in [0.29, 0.717) is 0 Å². The standard InChI is InChI=1S/C12H23P.C7H6.C6H11.CH3.2ClH.Ru/c1-3-7-11(8-4-1)13-12-9-5-2-6-10-12;1-7-5-3-2-4-6-7;1-2-4-6-5-3-1;;;;/h11-13H,1-10H2;1-6H;1H,2-6H2;1H3;2*1H;/q;;2*-1;;;+2/p-2. The normalized spacial score (nSPS) is 20.4. The Bertz CT molecular complexity index is 502. The van der Waals surface area contributed by atoms with E-state index in [1.54, 1.807) is 25.7 Å². The second-order valence-corrected chi connectivity index (χ2v) is 16.2. The summed E-state index contributed by atoms with van der Waals surface area (Å²) in [6.45, 7) is 0. The molecule has 0 bridgehead atoms. The van der Waals surface area contributed by atoms with Gasteiger partial charge >= 0.3 is 73.4 Å². The third-order valence-corrected chi connectivity index (χ3v) is 9.96. The van der Waals surface area contributed by atoms with Crippen molar-refractivity contribution in [2.45, 2.75) is 108 Å². The molecule has 0 spiro atoms. The Balaban J connectivity index is 0.000000236. The topological polar surface area (TPSA) is 0 Å². The van der Waals surface area contributed by atoms with Gasteiger partial charge in [-0.05, 0) is 37.0 Å². The van der Waals surface area contributed by atoms with Crippen molar-refractivity contribution in [2.75, 3.05) is 0 Å². The van der Waals surface area contributed by atoms with Gasteiger partial charge in [0.25, 0.3) is 0 Å². The van der Waals surface area contributed by atoms with Crippen LogP contribution in [0.5, 0.6) is 0 Å². The molecule has 0 atom stereocenters. The van der Waals surface area contributed by atoms with Gasteiger partial charge in [-0.25, -0.2) is 0 Å². The Hall–Kier alpha value is 0.723. The van der Waals surface area contributed by atoms with Crippen LogP contribution in [0, 0.1) is 13.8 Å². The summed E-state index contributed by atoms with van der Waals surface area (Å²) in [6, 6.07) is 9.89. The van der Waals surface area contributed by atoms with Gasteiger partial charge in [0.15, 0.2) is 0 Å². The first-order valence-electron chi connectivity index (χ1n) is 11.7. The van der Waals surface area contributed by atoms with Gasteiger partial charge in [0.1, 0.15) is 0 Å². The van der Waals surface area contributed by atoms with Gasteiger partial charge in [-0.2, -0.15) is 12.8 Å². The van der Waals surface area contributed by atoms with E-state index in [9.17, 15) is 0 Å². The van der Waals surface area contributed by atoms with E-state index in [-0.39, 0.29) is 7.43 Å². The summed E-state index contributed by atoms with van der Waals surface area (Å²) < 4.78 is 1.92. The number of rotatable bonds is 3. The summed E-state index contributed by atoms with van der Waals surface area (Å²) in [5, 5.41) is 0. The third-order valence-electron chi connectivity index (χ3n) is 5.99. The fourth-order valence-corrected chi connectivity index (χ4v) is 8.36. The predicted molar refractivity (Wildman–Crippen MR) is 139 cm³/mol. The van der Waals surface area contributed by atoms with E-state index >= 15 is 0 Å². The monoisotopic (exact) mass is 558 g/mol. The first-order valence-corrected chi connectivity index (χ1v) is 18.3. The van der Waals surface area contributed by atoms with Crippen molar-refractivity contribution < 1.29 is 13.5 Å². The van der Waals surface area contributed by atoms with E-state index in [0.717, 1.165) is 16.9 Å². The van der Waals surface area contributed by atoms with E-state index in [1.165, 1.54) is 79.2 Å². The van der Waals surface area contributed by atoms with Crippen LogP contribution in [-0.4, -0.2) is 15.9 Å². The molecule has 0 aliphatic heterocycles. The van der Waals surface area contributed by atoms with Gasteiger partial charge in [-0.1, -0.05) is 57.8 Å². The van der Waals surface area contributed by atoms with Crippen molar-refractivity contribution >= 4 is 32.6 Å². The minimum atomic E-state index is -1.61. The molecule has 30 heavy (non-hydrogen) atoms. The molecule has 0 radical (unpaired) electrons. The molecule has 3 aliphatic rings. The Morgan fingerprint density at radius 1 is 0.733 bits per heavy atom. The molecule has 3 aliphatic carbocycles. The number of hydrogen-bond donors (Lipinski definition) is 0. The number of benzene rings is 1. The molecule has 176 valence electrons. The average Bonchev–Trinajstić information content (AvgIpc) is 2.78. The molecule has 1 aromatic carbocycles. The number of halogens is 2. The van der Waals surface area contributed by atoms with E-state index in [1.807, 2.05) is 34.9 Å². The maximum atomic E-state index is 5.67. The Morgan fingerprint density at radius 3 is 1.57 bits per heavy atom. The summed E-state index contributed by atoms with van der Waals surface area (Å²) in [4.78, 5) is 0. The van der Waals surface area contributed by atoms with Crippen molar-refractivity contribution in [2.24, 2.45) is 0 Å². The molecule has 3 fully saturated rings. The summed E-state index contributed by atoms with van der Waals surface area (Å²) in [5.74, 6) is 0. The molecular weight excluding hydrogens is 515 g/mol. The SMILES string of the molecule is C1CCC(PC2CCCCC2)CC1.[CH-]1CCCCC1.[CH3-].[Cl][Ru]([Cl])=[CH]c1ccccc1. The van der Waals surface area contributed by atoms with Crippen molar-refractivity contribution in [1.82, 2.24) is 0 Å². The fourth-order valence-electron chi connectivity index (χ4n) is 4.38. The van der Waals surface area contributed by atoms with Crippen LogP contribution < -0.4 is 0 Å². The molecule has 4 heteroatoms. The van der Waals surface area contributed by atoms with Crippen LogP contribution in [0.4, 0.5) is 0 Å². The minimum absolute atomic E-state index is 0. The molecule has 0 unspecified atom stereocenters. The van der Waals surface area contributed by atoms with E-state index in [2.05, 4.69) is 6.42 Å². The summed E-state index contributed by atoms with van der Waals surface area (Å²) in [5.41, 5.74) is 3.42. The first kappa shape index (κ1) is 28.8. The molecule has 0 saturated heterocycles. The molecule has 1 aromatic rings. The third kappa shape index (κ3) is 14.7. The average molecular weight is 559 g/mol. The number of hydrogen-bond acceptors (Lipinski definition) is 0. The Labute approximate surface area is 202 Å². The van der Waals surface area contributed by atoms with Crippen LogP contribution in [0.25, 0.3) is 0 Å². The molecule has 4 rings (SSSR count). The van der Waals surface area contributed by atoms with Crippen molar-refractivity contribution in [1.29, 1.82) is 0 Å². The van der Waals surface area contributed by atoms with Crippen LogP contribution in [0.3, 0.4) is 0 Å². The van der Waals surface area contributed by atoms with Gasteiger partial charge in [-0.3, -0.25) is 0 Å². The van der Waals surface area contributed by atoms with Gasteiger partial charge in [-0.15, -0.1) is 8.58 Å². The summed E-state index contributed by atoms with van der Waals surface area (Å²) in [7, 11) is 12.7. The second-order valence-electron chi connectivity index (χ2n) is 8.48. The molecular formula is C26H43Cl2PRu-2. The molecule has 0 heterocycles. The molecule has 0 amide bonds.